The van der Waals surface area contributed by atoms with E-state index in [9.17, 15) is 0 Å². The predicted octanol–water partition coefficient (Wildman–Crippen LogP) is 3.03. The van der Waals surface area contributed by atoms with Gasteiger partial charge in [0.25, 0.3) is 0 Å². The van der Waals surface area contributed by atoms with E-state index in [2.05, 4.69) is 23.4 Å². The summed E-state index contributed by atoms with van der Waals surface area (Å²) in [5, 5.41) is 0. The minimum atomic E-state index is 0.0902. The highest BCUT2D eigenvalue weighted by molar-refractivity contribution is 5.06. The van der Waals surface area contributed by atoms with Crippen molar-refractivity contribution in [2.45, 2.75) is 52.0 Å². The van der Waals surface area contributed by atoms with Gasteiger partial charge in [-0.3, -0.25) is 0 Å². The molecule has 1 atom stereocenters. The quantitative estimate of drug-likeness (QED) is 0.871. The zero-order valence-electron chi connectivity index (χ0n) is 11.3. The maximum atomic E-state index is 6.55. The van der Waals surface area contributed by atoms with Crippen LogP contribution in [0, 0.1) is 11.3 Å². The van der Waals surface area contributed by atoms with E-state index in [0.29, 0.717) is 5.92 Å². The number of nitrogens with two attached hydrogens (primary N) is 1. The molecule has 0 aliphatic heterocycles. The topological polar surface area (TPSA) is 43.8 Å². The summed E-state index contributed by atoms with van der Waals surface area (Å²) in [7, 11) is 2.04. The summed E-state index contributed by atoms with van der Waals surface area (Å²) in [6.07, 6.45) is 10.2. The molecular weight excluding hydrogens is 210 g/mol. The van der Waals surface area contributed by atoms with Crippen LogP contribution in [0.1, 0.15) is 57.8 Å². The number of hydrogen-bond acceptors (Lipinski definition) is 2. The molecule has 1 saturated carbocycles. The van der Waals surface area contributed by atoms with Gasteiger partial charge >= 0.3 is 0 Å². The molecule has 0 spiro atoms. The molecule has 0 radical (unpaired) electrons. The van der Waals surface area contributed by atoms with Crippen LogP contribution >= 0.6 is 0 Å². The molecule has 1 aliphatic carbocycles. The molecule has 0 amide bonds. The van der Waals surface area contributed by atoms with Gasteiger partial charge in [-0.25, -0.2) is 4.98 Å². The first-order valence-electron chi connectivity index (χ1n) is 6.78. The SMILES string of the molecule is CC(C)CC1(C(N)c2nccn2C)CCCC1. The molecule has 1 fully saturated rings. The minimum absolute atomic E-state index is 0.0902. The lowest BCUT2D eigenvalue weighted by Crippen LogP contribution is -2.35. The van der Waals surface area contributed by atoms with Crippen molar-refractivity contribution in [1.29, 1.82) is 0 Å². The Morgan fingerprint density at radius 2 is 2.06 bits per heavy atom. The summed E-state index contributed by atoms with van der Waals surface area (Å²) >= 11 is 0. The van der Waals surface area contributed by atoms with Crippen molar-refractivity contribution in [3.8, 4) is 0 Å². The Hall–Kier alpha value is -0.830. The normalized spacial score (nSPS) is 21.0. The fourth-order valence-corrected chi connectivity index (χ4v) is 3.48. The van der Waals surface area contributed by atoms with Gasteiger partial charge in [0.15, 0.2) is 0 Å². The van der Waals surface area contributed by atoms with Crippen LogP contribution in [0.4, 0.5) is 0 Å². The summed E-state index contributed by atoms with van der Waals surface area (Å²) in [6.45, 7) is 4.59. The average molecular weight is 235 g/mol. The largest absolute Gasteiger partial charge is 0.337 e. The van der Waals surface area contributed by atoms with Crippen LogP contribution in [-0.4, -0.2) is 9.55 Å². The first-order valence-corrected chi connectivity index (χ1v) is 6.78. The van der Waals surface area contributed by atoms with E-state index in [1.807, 2.05) is 19.4 Å². The maximum absolute atomic E-state index is 6.55. The Morgan fingerprint density at radius 3 is 2.53 bits per heavy atom. The van der Waals surface area contributed by atoms with Crippen molar-refractivity contribution in [3.63, 3.8) is 0 Å². The molecule has 3 nitrogen and oxygen atoms in total. The molecule has 0 bridgehead atoms. The molecule has 17 heavy (non-hydrogen) atoms. The van der Waals surface area contributed by atoms with Crippen molar-refractivity contribution in [1.82, 2.24) is 9.55 Å². The second-order valence-corrected chi connectivity index (χ2v) is 6.04. The molecule has 0 aromatic carbocycles. The number of rotatable bonds is 4. The lowest BCUT2D eigenvalue weighted by Gasteiger charge is -2.36. The van der Waals surface area contributed by atoms with Crippen molar-refractivity contribution in [2.24, 2.45) is 24.1 Å². The highest BCUT2D eigenvalue weighted by Crippen LogP contribution is 2.50. The number of hydrogen-bond donors (Lipinski definition) is 1. The third kappa shape index (κ3) is 2.39. The molecule has 1 heterocycles. The molecule has 3 heteroatoms. The number of aryl methyl sites for hydroxylation is 1. The lowest BCUT2D eigenvalue weighted by atomic mass is 9.72. The fourth-order valence-electron chi connectivity index (χ4n) is 3.48. The smallest absolute Gasteiger partial charge is 0.125 e. The molecule has 1 aliphatic rings. The first-order chi connectivity index (χ1) is 8.05. The van der Waals surface area contributed by atoms with Gasteiger partial charge < -0.3 is 10.3 Å². The van der Waals surface area contributed by atoms with Gasteiger partial charge in [-0.2, -0.15) is 0 Å². The van der Waals surface area contributed by atoms with Gasteiger partial charge in [0.1, 0.15) is 5.82 Å². The predicted molar refractivity (Wildman–Crippen MR) is 70.5 cm³/mol. The Bertz CT molecular complexity index is 361. The molecule has 96 valence electrons. The van der Waals surface area contributed by atoms with Crippen molar-refractivity contribution >= 4 is 0 Å². The van der Waals surface area contributed by atoms with Gasteiger partial charge in [0.05, 0.1) is 6.04 Å². The fraction of sp³-hybridized carbons (Fsp3) is 0.786. The molecular formula is C14H25N3. The number of nitrogens with zero attached hydrogens (tertiary/aromatic N) is 2. The molecule has 2 rings (SSSR count). The molecule has 1 aromatic heterocycles. The van der Waals surface area contributed by atoms with E-state index in [1.165, 1.54) is 32.1 Å². The summed E-state index contributed by atoms with van der Waals surface area (Å²) in [4.78, 5) is 4.45. The van der Waals surface area contributed by atoms with E-state index in [1.54, 1.807) is 0 Å². The van der Waals surface area contributed by atoms with Crippen LogP contribution in [0.2, 0.25) is 0 Å². The zero-order chi connectivity index (χ0) is 12.5. The summed E-state index contributed by atoms with van der Waals surface area (Å²) < 4.78 is 2.07. The summed E-state index contributed by atoms with van der Waals surface area (Å²) in [6, 6.07) is 0.0902. The van der Waals surface area contributed by atoms with Crippen molar-refractivity contribution < 1.29 is 0 Å². The second kappa shape index (κ2) is 4.81. The van der Waals surface area contributed by atoms with Gasteiger partial charge in [-0.1, -0.05) is 26.7 Å². The Kier molecular flexibility index (Phi) is 3.57. The molecule has 1 unspecified atom stereocenters. The lowest BCUT2D eigenvalue weighted by molar-refractivity contribution is 0.175. The van der Waals surface area contributed by atoms with E-state index in [-0.39, 0.29) is 11.5 Å². The van der Waals surface area contributed by atoms with Crippen LogP contribution in [0.5, 0.6) is 0 Å². The van der Waals surface area contributed by atoms with Gasteiger partial charge in [0.2, 0.25) is 0 Å². The highest BCUT2D eigenvalue weighted by Gasteiger charge is 2.41. The molecule has 2 N–H and O–H groups in total. The van der Waals surface area contributed by atoms with Crippen LogP contribution in [0.25, 0.3) is 0 Å². The van der Waals surface area contributed by atoms with Gasteiger partial charge in [0, 0.05) is 19.4 Å². The van der Waals surface area contributed by atoms with Crippen molar-refractivity contribution in [3.05, 3.63) is 18.2 Å². The number of imidazole rings is 1. The standard InChI is InChI=1S/C14H25N3/c1-11(2)10-14(6-4-5-7-14)12(15)13-16-8-9-17(13)3/h8-9,11-12H,4-7,10,15H2,1-3H3. The maximum Gasteiger partial charge on any atom is 0.125 e. The third-order valence-electron chi connectivity index (χ3n) is 4.21. The van der Waals surface area contributed by atoms with Crippen molar-refractivity contribution in [2.75, 3.05) is 0 Å². The molecule has 1 aromatic rings. The van der Waals surface area contributed by atoms with Crippen LogP contribution in [0.3, 0.4) is 0 Å². The Morgan fingerprint density at radius 1 is 1.41 bits per heavy atom. The Labute approximate surface area is 104 Å². The second-order valence-electron chi connectivity index (χ2n) is 6.04. The Balaban J connectivity index is 2.24. The van der Waals surface area contributed by atoms with E-state index < -0.39 is 0 Å². The van der Waals surface area contributed by atoms with Crippen LogP contribution in [-0.2, 0) is 7.05 Å². The first kappa shape index (κ1) is 12.6. The van der Waals surface area contributed by atoms with Crippen LogP contribution in [0.15, 0.2) is 12.4 Å². The van der Waals surface area contributed by atoms with E-state index in [4.69, 9.17) is 5.73 Å². The summed E-state index contributed by atoms with van der Waals surface area (Å²) in [5.41, 5.74) is 6.83. The minimum Gasteiger partial charge on any atom is -0.337 e. The molecule has 0 saturated heterocycles. The average Bonchev–Trinajstić information content (AvgIpc) is 2.86. The summed E-state index contributed by atoms with van der Waals surface area (Å²) in [5.74, 6) is 1.76. The van der Waals surface area contributed by atoms with Gasteiger partial charge in [-0.15, -0.1) is 0 Å². The third-order valence-corrected chi connectivity index (χ3v) is 4.21. The van der Waals surface area contributed by atoms with E-state index in [0.717, 1.165) is 5.82 Å². The highest BCUT2D eigenvalue weighted by atomic mass is 15.1. The monoisotopic (exact) mass is 235 g/mol. The number of aromatic nitrogens is 2. The van der Waals surface area contributed by atoms with E-state index >= 15 is 0 Å². The zero-order valence-corrected chi connectivity index (χ0v) is 11.3. The van der Waals surface area contributed by atoms with Gasteiger partial charge in [-0.05, 0) is 30.6 Å². The van der Waals surface area contributed by atoms with Crippen LogP contribution < -0.4 is 5.73 Å².